The van der Waals surface area contributed by atoms with Gasteiger partial charge in [0.2, 0.25) is 10.0 Å². The highest BCUT2D eigenvalue weighted by Crippen LogP contribution is 2.36. The minimum atomic E-state index is -3.89. The number of benzene rings is 1. The van der Waals surface area contributed by atoms with Gasteiger partial charge in [-0.3, -0.25) is 0 Å². The summed E-state index contributed by atoms with van der Waals surface area (Å²) in [7, 11) is -2.31. The van der Waals surface area contributed by atoms with Gasteiger partial charge in [-0.15, -0.1) is 0 Å². The lowest BCUT2D eigenvalue weighted by Crippen LogP contribution is -2.13. The zero-order chi connectivity index (χ0) is 13.8. The maximum atomic E-state index is 11.2. The molecule has 0 fully saturated rings. The Kier molecular flexibility index (Phi) is 5.68. The van der Waals surface area contributed by atoms with Crippen LogP contribution in [0.5, 0.6) is 5.75 Å². The van der Waals surface area contributed by atoms with Crippen molar-refractivity contribution in [3.05, 3.63) is 22.2 Å². The van der Waals surface area contributed by atoms with Crippen molar-refractivity contribution in [3.63, 3.8) is 0 Å². The Labute approximate surface area is 116 Å². The molecular formula is C10H13Cl2NO4S. The number of primary sulfonamides is 1. The molecule has 0 bridgehead atoms. The highest BCUT2D eigenvalue weighted by atomic mass is 35.5. The smallest absolute Gasteiger partial charge is 0.239 e. The van der Waals surface area contributed by atoms with Crippen LogP contribution in [0.25, 0.3) is 0 Å². The molecule has 0 saturated carbocycles. The summed E-state index contributed by atoms with van der Waals surface area (Å²) in [6.07, 6.45) is 0.682. The molecule has 5 nitrogen and oxygen atoms in total. The van der Waals surface area contributed by atoms with Gasteiger partial charge in [0.15, 0.2) is 0 Å². The van der Waals surface area contributed by atoms with E-state index in [2.05, 4.69) is 0 Å². The third-order valence-corrected chi connectivity index (χ3v) is 4.00. The minimum Gasteiger partial charge on any atom is -0.492 e. The van der Waals surface area contributed by atoms with E-state index >= 15 is 0 Å². The normalized spacial score (nSPS) is 11.6. The van der Waals surface area contributed by atoms with Gasteiger partial charge in [-0.05, 0) is 12.1 Å². The van der Waals surface area contributed by atoms with Crippen LogP contribution in [-0.4, -0.2) is 28.7 Å². The largest absolute Gasteiger partial charge is 0.492 e. The maximum absolute atomic E-state index is 11.2. The van der Waals surface area contributed by atoms with Crippen LogP contribution in [0.15, 0.2) is 17.0 Å². The molecule has 2 N–H and O–H groups in total. The molecule has 0 unspecified atom stereocenters. The zero-order valence-electron chi connectivity index (χ0n) is 9.65. The van der Waals surface area contributed by atoms with Gasteiger partial charge < -0.3 is 9.47 Å². The van der Waals surface area contributed by atoms with Gasteiger partial charge in [0, 0.05) is 20.1 Å². The second-order valence-corrected chi connectivity index (χ2v) is 5.72. The number of hydrogen-bond donors (Lipinski definition) is 1. The molecule has 0 radical (unpaired) electrons. The van der Waals surface area contributed by atoms with E-state index in [9.17, 15) is 8.42 Å². The van der Waals surface area contributed by atoms with E-state index in [0.717, 1.165) is 0 Å². The topological polar surface area (TPSA) is 78.6 Å². The fraction of sp³-hybridized carbons (Fsp3) is 0.400. The van der Waals surface area contributed by atoms with Crippen LogP contribution in [-0.2, 0) is 14.8 Å². The predicted molar refractivity (Wildman–Crippen MR) is 69.8 cm³/mol. The van der Waals surface area contributed by atoms with E-state index < -0.39 is 10.0 Å². The van der Waals surface area contributed by atoms with Crippen molar-refractivity contribution in [1.29, 1.82) is 0 Å². The molecule has 0 aliphatic heterocycles. The first-order valence-electron chi connectivity index (χ1n) is 5.00. The molecule has 0 amide bonds. The molecule has 18 heavy (non-hydrogen) atoms. The standard InChI is InChI=1S/C10H13Cl2NO4S/c1-16-5-2-6-17-7-3-4-8(18(13,14)15)10(12)9(7)11/h3-4H,2,5-6H2,1H3,(H2,13,14,15). The lowest BCUT2D eigenvalue weighted by Gasteiger charge is -2.10. The lowest BCUT2D eigenvalue weighted by atomic mass is 10.3. The van der Waals surface area contributed by atoms with E-state index in [-0.39, 0.29) is 14.9 Å². The Morgan fingerprint density at radius 3 is 2.44 bits per heavy atom. The van der Waals surface area contributed by atoms with E-state index in [1.807, 2.05) is 0 Å². The molecule has 1 aromatic rings. The summed E-state index contributed by atoms with van der Waals surface area (Å²) < 4.78 is 32.6. The van der Waals surface area contributed by atoms with E-state index in [0.29, 0.717) is 25.4 Å². The van der Waals surface area contributed by atoms with Crippen LogP contribution in [0.2, 0.25) is 10.0 Å². The SMILES string of the molecule is COCCCOc1ccc(S(N)(=O)=O)c(Cl)c1Cl. The Morgan fingerprint density at radius 2 is 1.89 bits per heavy atom. The number of nitrogens with two attached hydrogens (primary N) is 1. The molecule has 0 heterocycles. The number of rotatable bonds is 6. The Hall–Kier alpha value is -0.530. The average molecular weight is 314 g/mol. The number of sulfonamides is 1. The van der Waals surface area contributed by atoms with Crippen molar-refractivity contribution in [2.24, 2.45) is 5.14 Å². The van der Waals surface area contributed by atoms with Crippen molar-refractivity contribution >= 4 is 33.2 Å². The second-order valence-electron chi connectivity index (χ2n) is 3.43. The van der Waals surface area contributed by atoms with E-state index in [4.69, 9.17) is 37.8 Å². The average Bonchev–Trinajstić information content (AvgIpc) is 2.28. The van der Waals surface area contributed by atoms with Crippen molar-refractivity contribution in [2.45, 2.75) is 11.3 Å². The number of halogens is 2. The van der Waals surface area contributed by atoms with E-state index in [1.54, 1.807) is 7.11 Å². The third-order valence-electron chi connectivity index (χ3n) is 2.07. The molecule has 8 heteroatoms. The molecule has 1 aromatic carbocycles. The fourth-order valence-electron chi connectivity index (χ4n) is 1.23. The van der Waals surface area contributed by atoms with Crippen molar-refractivity contribution in [3.8, 4) is 5.75 Å². The monoisotopic (exact) mass is 313 g/mol. The fourth-order valence-corrected chi connectivity index (χ4v) is 2.59. The molecule has 0 spiro atoms. The van der Waals surface area contributed by atoms with Gasteiger partial charge in [0.05, 0.1) is 11.6 Å². The maximum Gasteiger partial charge on any atom is 0.239 e. The molecular weight excluding hydrogens is 301 g/mol. The van der Waals surface area contributed by atoms with Gasteiger partial charge in [-0.1, -0.05) is 23.2 Å². The van der Waals surface area contributed by atoms with Crippen LogP contribution < -0.4 is 9.88 Å². The third kappa shape index (κ3) is 4.00. The summed E-state index contributed by atoms with van der Waals surface area (Å²) in [5.41, 5.74) is 0. The molecule has 0 aromatic heterocycles. The highest BCUT2D eigenvalue weighted by molar-refractivity contribution is 7.89. The summed E-state index contributed by atoms with van der Waals surface area (Å²) in [5.74, 6) is 0.310. The Bertz CT molecular complexity index is 519. The van der Waals surface area contributed by atoms with Gasteiger partial charge in [-0.25, -0.2) is 13.6 Å². The molecule has 0 atom stereocenters. The number of hydrogen-bond acceptors (Lipinski definition) is 4. The first-order valence-corrected chi connectivity index (χ1v) is 7.30. The summed E-state index contributed by atoms with van der Waals surface area (Å²) >= 11 is 11.7. The second kappa shape index (κ2) is 6.58. The Morgan fingerprint density at radius 1 is 1.22 bits per heavy atom. The van der Waals surface area contributed by atoms with Crippen molar-refractivity contribution in [2.75, 3.05) is 20.3 Å². The summed E-state index contributed by atoms with van der Waals surface area (Å²) in [4.78, 5) is -0.224. The molecule has 0 aliphatic carbocycles. The summed E-state index contributed by atoms with van der Waals surface area (Å²) in [6, 6.07) is 2.68. The first-order chi connectivity index (χ1) is 8.38. The van der Waals surface area contributed by atoms with Crippen LogP contribution >= 0.6 is 23.2 Å². The van der Waals surface area contributed by atoms with Crippen molar-refractivity contribution < 1.29 is 17.9 Å². The zero-order valence-corrected chi connectivity index (χ0v) is 12.0. The van der Waals surface area contributed by atoms with Gasteiger partial charge in [0.1, 0.15) is 15.7 Å². The summed E-state index contributed by atoms with van der Waals surface area (Å²) in [6.45, 7) is 0.944. The Balaban J connectivity index is 2.88. The minimum absolute atomic E-state index is 0.0283. The first kappa shape index (κ1) is 15.5. The van der Waals surface area contributed by atoms with Crippen LogP contribution in [0.1, 0.15) is 6.42 Å². The highest BCUT2D eigenvalue weighted by Gasteiger charge is 2.18. The molecule has 0 aliphatic rings. The summed E-state index contributed by atoms with van der Waals surface area (Å²) in [5, 5.41) is 4.88. The van der Waals surface area contributed by atoms with E-state index in [1.165, 1.54) is 12.1 Å². The van der Waals surface area contributed by atoms with Crippen LogP contribution in [0.4, 0.5) is 0 Å². The molecule has 0 saturated heterocycles. The van der Waals surface area contributed by atoms with Gasteiger partial charge in [0.25, 0.3) is 0 Å². The molecule has 1 rings (SSSR count). The number of methoxy groups -OCH3 is 1. The quantitative estimate of drug-likeness (QED) is 0.815. The van der Waals surface area contributed by atoms with Crippen LogP contribution in [0, 0.1) is 0 Å². The van der Waals surface area contributed by atoms with Gasteiger partial charge in [-0.2, -0.15) is 0 Å². The number of ether oxygens (including phenoxy) is 2. The molecule has 102 valence electrons. The lowest BCUT2D eigenvalue weighted by molar-refractivity contribution is 0.172. The van der Waals surface area contributed by atoms with Crippen molar-refractivity contribution in [1.82, 2.24) is 0 Å². The van der Waals surface area contributed by atoms with Crippen LogP contribution in [0.3, 0.4) is 0 Å². The van der Waals surface area contributed by atoms with Gasteiger partial charge >= 0.3 is 0 Å². The predicted octanol–water partition coefficient (Wildman–Crippen LogP) is 2.06.